The third-order valence-corrected chi connectivity index (χ3v) is 4.24. The van der Waals surface area contributed by atoms with E-state index in [0.717, 1.165) is 5.56 Å². The zero-order valence-electron chi connectivity index (χ0n) is 10.6. The van der Waals surface area contributed by atoms with Gasteiger partial charge in [0.05, 0.1) is 18.2 Å². The van der Waals surface area contributed by atoms with E-state index in [1.807, 2.05) is 0 Å². The summed E-state index contributed by atoms with van der Waals surface area (Å²) in [5.74, 6) is 0.499. The molecule has 1 unspecified atom stereocenters. The number of H-pyrrole nitrogens is 1. The lowest BCUT2D eigenvalue weighted by Crippen LogP contribution is -2.26. The highest BCUT2D eigenvalue weighted by Gasteiger charge is 2.19. The van der Waals surface area contributed by atoms with Gasteiger partial charge in [0.15, 0.2) is 0 Å². The second kappa shape index (κ2) is 5.41. The summed E-state index contributed by atoms with van der Waals surface area (Å²) in [7, 11) is -2.10. The van der Waals surface area contributed by atoms with E-state index in [1.165, 1.54) is 19.2 Å². The molecule has 7 heteroatoms. The van der Waals surface area contributed by atoms with Gasteiger partial charge in [0.2, 0.25) is 10.0 Å². The van der Waals surface area contributed by atoms with Crippen LogP contribution in [0.3, 0.4) is 0 Å². The van der Waals surface area contributed by atoms with Crippen LogP contribution in [0, 0.1) is 0 Å². The van der Waals surface area contributed by atoms with Crippen molar-refractivity contribution in [2.75, 3.05) is 7.11 Å². The molecule has 0 saturated heterocycles. The van der Waals surface area contributed by atoms with E-state index in [9.17, 15) is 8.42 Å². The van der Waals surface area contributed by atoms with Crippen LogP contribution in [0.15, 0.2) is 41.6 Å². The molecule has 2 aromatic rings. The number of methoxy groups -OCH3 is 1. The van der Waals surface area contributed by atoms with E-state index in [2.05, 4.69) is 14.9 Å². The van der Waals surface area contributed by atoms with Gasteiger partial charge in [-0.05, 0) is 19.1 Å². The topological polar surface area (TPSA) is 84.1 Å². The summed E-state index contributed by atoms with van der Waals surface area (Å²) in [6.45, 7) is 1.75. The SMILES string of the molecule is COc1cccc(S(=O)(=O)NC(C)c2cn[nH]c2)c1. The molecule has 1 aromatic heterocycles. The van der Waals surface area contributed by atoms with E-state index < -0.39 is 10.0 Å². The van der Waals surface area contributed by atoms with Crippen molar-refractivity contribution in [1.29, 1.82) is 0 Å². The molecule has 1 atom stereocenters. The summed E-state index contributed by atoms with van der Waals surface area (Å²) < 4.78 is 32.0. The number of aromatic amines is 1. The minimum atomic E-state index is -3.59. The number of nitrogens with zero attached hydrogens (tertiary/aromatic N) is 1. The Balaban J connectivity index is 2.22. The van der Waals surface area contributed by atoms with Crippen LogP contribution in [0.5, 0.6) is 5.75 Å². The molecule has 0 saturated carbocycles. The molecule has 2 rings (SSSR count). The van der Waals surface area contributed by atoms with Crippen LogP contribution in [0.4, 0.5) is 0 Å². The molecule has 6 nitrogen and oxygen atoms in total. The average Bonchev–Trinajstić information content (AvgIpc) is 2.92. The van der Waals surface area contributed by atoms with Crippen molar-refractivity contribution in [3.63, 3.8) is 0 Å². The van der Waals surface area contributed by atoms with Crippen molar-refractivity contribution in [3.05, 3.63) is 42.2 Å². The summed E-state index contributed by atoms with van der Waals surface area (Å²) >= 11 is 0. The molecule has 19 heavy (non-hydrogen) atoms. The second-order valence-electron chi connectivity index (χ2n) is 4.05. The average molecular weight is 281 g/mol. The van der Waals surface area contributed by atoms with Gasteiger partial charge in [0.25, 0.3) is 0 Å². The van der Waals surface area contributed by atoms with E-state index in [1.54, 1.807) is 31.5 Å². The lowest BCUT2D eigenvalue weighted by molar-refractivity contribution is 0.413. The first-order chi connectivity index (χ1) is 9.03. The molecular formula is C12H15N3O3S. The van der Waals surface area contributed by atoms with E-state index >= 15 is 0 Å². The maximum Gasteiger partial charge on any atom is 0.241 e. The van der Waals surface area contributed by atoms with E-state index in [4.69, 9.17) is 4.74 Å². The first kappa shape index (κ1) is 13.6. The molecule has 0 radical (unpaired) electrons. The fourth-order valence-corrected chi connectivity index (χ4v) is 2.90. The Bertz CT molecular complexity index is 638. The highest BCUT2D eigenvalue weighted by atomic mass is 32.2. The van der Waals surface area contributed by atoms with Gasteiger partial charge in [-0.2, -0.15) is 5.10 Å². The molecule has 0 spiro atoms. The fraction of sp³-hybridized carbons (Fsp3) is 0.250. The van der Waals surface area contributed by atoms with Crippen molar-refractivity contribution in [3.8, 4) is 5.75 Å². The number of sulfonamides is 1. The van der Waals surface area contributed by atoms with Gasteiger partial charge in [-0.25, -0.2) is 13.1 Å². The number of hydrogen-bond acceptors (Lipinski definition) is 4. The molecule has 0 fully saturated rings. The fourth-order valence-electron chi connectivity index (χ4n) is 1.63. The lowest BCUT2D eigenvalue weighted by Gasteiger charge is -2.13. The minimum Gasteiger partial charge on any atom is -0.497 e. The Labute approximate surface area is 111 Å². The summed E-state index contributed by atoms with van der Waals surface area (Å²) in [6, 6.07) is 5.96. The molecule has 0 bridgehead atoms. The van der Waals surface area contributed by atoms with E-state index in [-0.39, 0.29) is 10.9 Å². The number of aromatic nitrogens is 2. The molecule has 1 heterocycles. The van der Waals surface area contributed by atoms with Crippen LogP contribution < -0.4 is 9.46 Å². The van der Waals surface area contributed by atoms with Crippen molar-refractivity contribution < 1.29 is 13.2 Å². The second-order valence-corrected chi connectivity index (χ2v) is 5.77. The molecule has 0 aliphatic rings. The minimum absolute atomic E-state index is 0.169. The van der Waals surface area contributed by atoms with Gasteiger partial charge in [-0.15, -0.1) is 0 Å². The lowest BCUT2D eigenvalue weighted by atomic mass is 10.2. The predicted molar refractivity (Wildman–Crippen MR) is 70.3 cm³/mol. The van der Waals surface area contributed by atoms with Crippen LogP contribution in [0.25, 0.3) is 0 Å². The summed E-state index contributed by atoms with van der Waals surface area (Å²) in [5.41, 5.74) is 0.770. The number of benzene rings is 1. The zero-order valence-corrected chi connectivity index (χ0v) is 11.4. The van der Waals surface area contributed by atoms with Gasteiger partial charge in [-0.3, -0.25) is 5.10 Å². The van der Waals surface area contributed by atoms with Gasteiger partial charge in [0.1, 0.15) is 5.75 Å². The normalized spacial score (nSPS) is 13.2. The Morgan fingerprint density at radius 2 is 2.21 bits per heavy atom. The first-order valence-electron chi connectivity index (χ1n) is 5.68. The molecule has 0 aliphatic carbocycles. The van der Waals surface area contributed by atoms with Gasteiger partial charge in [-0.1, -0.05) is 6.07 Å². The summed E-state index contributed by atoms with van der Waals surface area (Å²) in [4.78, 5) is 0.169. The number of hydrogen-bond donors (Lipinski definition) is 2. The van der Waals surface area contributed by atoms with Gasteiger partial charge < -0.3 is 4.74 Å². The molecule has 2 N–H and O–H groups in total. The molecule has 0 aliphatic heterocycles. The number of ether oxygens (including phenoxy) is 1. The third-order valence-electron chi connectivity index (χ3n) is 2.70. The first-order valence-corrected chi connectivity index (χ1v) is 7.16. The van der Waals surface area contributed by atoms with Crippen molar-refractivity contribution in [2.45, 2.75) is 17.9 Å². The Hall–Kier alpha value is -1.86. The Morgan fingerprint density at radius 3 is 2.84 bits per heavy atom. The monoisotopic (exact) mass is 281 g/mol. The summed E-state index contributed by atoms with van der Waals surface area (Å²) in [6.07, 6.45) is 3.23. The summed E-state index contributed by atoms with van der Waals surface area (Å²) in [5, 5.41) is 6.44. The highest BCUT2D eigenvalue weighted by Crippen LogP contribution is 2.19. The molecule has 102 valence electrons. The zero-order chi connectivity index (χ0) is 13.9. The predicted octanol–water partition coefficient (Wildman–Crippen LogP) is 1.46. The number of nitrogens with one attached hydrogen (secondary N) is 2. The largest absolute Gasteiger partial charge is 0.497 e. The Morgan fingerprint density at radius 1 is 1.42 bits per heavy atom. The van der Waals surface area contributed by atoms with Crippen LogP contribution >= 0.6 is 0 Å². The highest BCUT2D eigenvalue weighted by molar-refractivity contribution is 7.89. The third kappa shape index (κ3) is 3.12. The molecular weight excluding hydrogens is 266 g/mol. The van der Waals surface area contributed by atoms with Gasteiger partial charge >= 0.3 is 0 Å². The van der Waals surface area contributed by atoms with E-state index in [0.29, 0.717) is 5.75 Å². The smallest absolute Gasteiger partial charge is 0.241 e. The van der Waals surface area contributed by atoms with Crippen molar-refractivity contribution in [1.82, 2.24) is 14.9 Å². The van der Waals surface area contributed by atoms with Crippen LogP contribution in [-0.2, 0) is 10.0 Å². The maximum absolute atomic E-state index is 12.2. The van der Waals surface area contributed by atoms with Crippen molar-refractivity contribution in [2.24, 2.45) is 0 Å². The van der Waals surface area contributed by atoms with Crippen LogP contribution in [0.1, 0.15) is 18.5 Å². The van der Waals surface area contributed by atoms with Crippen LogP contribution in [0.2, 0.25) is 0 Å². The van der Waals surface area contributed by atoms with Crippen LogP contribution in [-0.4, -0.2) is 25.7 Å². The quantitative estimate of drug-likeness (QED) is 0.869. The maximum atomic E-state index is 12.2. The van der Waals surface area contributed by atoms with Crippen molar-refractivity contribution >= 4 is 10.0 Å². The van der Waals surface area contributed by atoms with Gasteiger partial charge in [0, 0.05) is 23.9 Å². The molecule has 1 aromatic carbocycles. The Kier molecular flexibility index (Phi) is 3.87. The number of rotatable bonds is 5. The standard InChI is InChI=1S/C12H15N3O3S/c1-9(10-7-13-14-8-10)15-19(16,17)12-5-3-4-11(6-12)18-2/h3-9,15H,1-2H3,(H,13,14). The molecule has 0 amide bonds.